The second-order valence-electron chi connectivity index (χ2n) is 8.23. The third kappa shape index (κ3) is 6.84. The summed E-state index contributed by atoms with van der Waals surface area (Å²) in [6.07, 6.45) is 1.47. The molecular weight excluding hydrogens is 456 g/mol. The molecule has 0 amide bonds. The molecule has 0 radical (unpaired) electrons. The molecule has 2 unspecified atom stereocenters. The Morgan fingerprint density at radius 2 is 1.97 bits per heavy atom. The molecular formula is C26H29ClN2O5. The van der Waals surface area contributed by atoms with Gasteiger partial charge in [-0.2, -0.15) is 0 Å². The SMILES string of the molecule is COc1ccc(C2=NOC(CN(Cc3ccccc3Cl)CC(O)COCc3ccco3)C2)cc1. The number of nitrogens with zero attached hydrogens (tertiary/aromatic N) is 2. The first-order chi connectivity index (χ1) is 16.6. The van der Waals surface area contributed by atoms with Crippen molar-refractivity contribution in [3.8, 4) is 5.75 Å². The summed E-state index contributed by atoms with van der Waals surface area (Å²) in [6.45, 7) is 2.08. The minimum atomic E-state index is -0.680. The Kier molecular flexibility index (Phi) is 8.60. The van der Waals surface area contributed by atoms with Crippen molar-refractivity contribution in [2.45, 2.75) is 31.8 Å². The highest BCUT2D eigenvalue weighted by atomic mass is 35.5. The Bertz CT molecular complexity index is 1060. The highest BCUT2D eigenvalue weighted by Crippen LogP contribution is 2.22. The molecule has 1 aromatic heterocycles. The second-order valence-corrected chi connectivity index (χ2v) is 8.64. The lowest BCUT2D eigenvalue weighted by atomic mass is 10.0. The quantitative estimate of drug-likeness (QED) is 0.407. The number of hydrogen-bond acceptors (Lipinski definition) is 7. The van der Waals surface area contributed by atoms with E-state index in [0.717, 1.165) is 28.3 Å². The van der Waals surface area contributed by atoms with E-state index in [4.69, 9.17) is 30.3 Å². The van der Waals surface area contributed by atoms with E-state index in [0.29, 0.717) is 37.7 Å². The van der Waals surface area contributed by atoms with Gasteiger partial charge in [-0.1, -0.05) is 35.0 Å². The van der Waals surface area contributed by atoms with Gasteiger partial charge in [0.2, 0.25) is 0 Å². The molecule has 0 saturated carbocycles. The highest BCUT2D eigenvalue weighted by Gasteiger charge is 2.26. The van der Waals surface area contributed by atoms with Crippen molar-refractivity contribution in [3.05, 3.63) is 88.8 Å². The number of benzene rings is 2. The fraction of sp³-hybridized carbons (Fsp3) is 0.346. The van der Waals surface area contributed by atoms with Crippen LogP contribution in [0.15, 0.2) is 76.5 Å². The average Bonchev–Trinajstić information content (AvgIpc) is 3.53. The largest absolute Gasteiger partial charge is 0.497 e. The first kappa shape index (κ1) is 24.3. The van der Waals surface area contributed by atoms with Gasteiger partial charge < -0.3 is 23.8 Å². The van der Waals surface area contributed by atoms with Gasteiger partial charge in [0, 0.05) is 31.1 Å². The molecule has 2 heterocycles. The Hall–Kier alpha value is -2.84. The maximum atomic E-state index is 10.6. The highest BCUT2D eigenvalue weighted by molar-refractivity contribution is 6.31. The van der Waals surface area contributed by atoms with Crippen LogP contribution >= 0.6 is 11.6 Å². The van der Waals surface area contributed by atoms with Gasteiger partial charge in [-0.3, -0.25) is 4.90 Å². The van der Waals surface area contributed by atoms with E-state index in [1.54, 1.807) is 13.4 Å². The van der Waals surface area contributed by atoms with Gasteiger partial charge in [-0.25, -0.2) is 0 Å². The van der Waals surface area contributed by atoms with Crippen LogP contribution in [0, 0.1) is 0 Å². The number of hydrogen-bond donors (Lipinski definition) is 1. The third-order valence-corrected chi connectivity index (χ3v) is 5.94. The molecule has 2 atom stereocenters. The molecule has 34 heavy (non-hydrogen) atoms. The zero-order valence-electron chi connectivity index (χ0n) is 19.1. The molecule has 0 aliphatic carbocycles. The summed E-state index contributed by atoms with van der Waals surface area (Å²) in [4.78, 5) is 7.87. The number of oxime groups is 1. The van der Waals surface area contributed by atoms with Crippen molar-refractivity contribution in [2.75, 3.05) is 26.8 Å². The van der Waals surface area contributed by atoms with Gasteiger partial charge in [0.05, 0.1) is 31.8 Å². The summed E-state index contributed by atoms with van der Waals surface area (Å²) in [6, 6.07) is 19.1. The summed E-state index contributed by atoms with van der Waals surface area (Å²) in [5.41, 5.74) is 2.89. The Balaban J connectivity index is 1.35. The van der Waals surface area contributed by atoms with Crippen LogP contribution in [0.4, 0.5) is 0 Å². The predicted octanol–water partition coefficient (Wildman–Crippen LogP) is 4.51. The maximum absolute atomic E-state index is 10.6. The summed E-state index contributed by atoms with van der Waals surface area (Å²) in [5, 5.41) is 15.6. The summed E-state index contributed by atoms with van der Waals surface area (Å²) < 4.78 is 16.1. The van der Waals surface area contributed by atoms with E-state index < -0.39 is 6.10 Å². The van der Waals surface area contributed by atoms with E-state index in [-0.39, 0.29) is 12.7 Å². The van der Waals surface area contributed by atoms with E-state index in [1.165, 1.54) is 0 Å². The molecule has 4 rings (SSSR count). The molecule has 0 saturated heterocycles. The standard InChI is InChI=1S/C26H29ClN2O5/c1-31-22-10-8-19(9-11-22)26-13-24(34-28-26)16-29(14-20-5-2-3-7-25(20)27)15-21(30)17-32-18-23-6-4-12-33-23/h2-12,21,24,30H,13-18H2,1H3. The van der Waals surface area contributed by atoms with Crippen molar-refractivity contribution < 1.29 is 23.8 Å². The van der Waals surface area contributed by atoms with Crippen molar-refractivity contribution in [2.24, 2.45) is 5.16 Å². The van der Waals surface area contributed by atoms with Crippen LogP contribution in [-0.2, 0) is 22.7 Å². The van der Waals surface area contributed by atoms with Gasteiger partial charge in [-0.15, -0.1) is 0 Å². The van der Waals surface area contributed by atoms with E-state index in [1.807, 2.05) is 60.7 Å². The lowest BCUT2D eigenvalue weighted by Crippen LogP contribution is -2.39. The van der Waals surface area contributed by atoms with Crippen molar-refractivity contribution in [1.29, 1.82) is 0 Å². The molecule has 1 aliphatic rings. The van der Waals surface area contributed by atoms with Gasteiger partial charge in [-0.05, 0) is 53.6 Å². The normalized spacial score (nSPS) is 16.4. The van der Waals surface area contributed by atoms with Crippen molar-refractivity contribution in [3.63, 3.8) is 0 Å². The van der Waals surface area contributed by atoms with E-state index >= 15 is 0 Å². The van der Waals surface area contributed by atoms with Gasteiger partial charge in [0.1, 0.15) is 24.2 Å². The molecule has 3 aromatic rings. The lowest BCUT2D eigenvalue weighted by Gasteiger charge is -2.27. The monoisotopic (exact) mass is 484 g/mol. The Labute approximate surface area is 204 Å². The summed E-state index contributed by atoms with van der Waals surface area (Å²) in [5.74, 6) is 1.52. The van der Waals surface area contributed by atoms with Gasteiger partial charge in [0.25, 0.3) is 0 Å². The van der Waals surface area contributed by atoms with Gasteiger partial charge in [0.15, 0.2) is 0 Å². The maximum Gasteiger partial charge on any atom is 0.145 e. The topological polar surface area (TPSA) is 76.7 Å². The zero-order valence-corrected chi connectivity index (χ0v) is 19.9. The Morgan fingerprint density at radius 1 is 1.15 bits per heavy atom. The van der Waals surface area contributed by atoms with Crippen LogP contribution in [0.5, 0.6) is 5.75 Å². The molecule has 1 aliphatic heterocycles. The lowest BCUT2D eigenvalue weighted by molar-refractivity contribution is -0.00955. The number of ether oxygens (including phenoxy) is 2. The first-order valence-corrected chi connectivity index (χ1v) is 11.6. The van der Waals surface area contributed by atoms with Crippen LogP contribution in [-0.4, -0.2) is 54.7 Å². The molecule has 0 spiro atoms. The predicted molar refractivity (Wildman–Crippen MR) is 130 cm³/mol. The van der Waals surface area contributed by atoms with E-state index in [2.05, 4.69) is 10.1 Å². The fourth-order valence-electron chi connectivity index (χ4n) is 3.88. The summed E-state index contributed by atoms with van der Waals surface area (Å²) in [7, 11) is 1.64. The van der Waals surface area contributed by atoms with Gasteiger partial charge >= 0.3 is 0 Å². The molecule has 7 nitrogen and oxygen atoms in total. The number of rotatable bonds is 12. The van der Waals surface area contributed by atoms with Crippen LogP contribution in [0.1, 0.15) is 23.3 Å². The average molecular weight is 485 g/mol. The van der Waals surface area contributed by atoms with Crippen molar-refractivity contribution in [1.82, 2.24) is 4.90 Å². The fourth-order valence-corrected chi connectivity index (χ4v) is 4.08. The molecule has 2 aromatic carbocycles. The zero-order chi connectivity index (χ0) is 23.8. The minimum Gasteiger partial charge on any atom is -0.497 e. The first-order valence-electron chi connectivity index (χ1n) is 11.2. The minimum absolute atomic E-state index is 0.129. The van der Waals surface area contributed by atoms with Crippen LogP contribution < -0.4 is 4.74 Å². The number of aliphatic hydroxyl groups is 1. The number of halogens is 1. The molecule has 180 valence electrons. The number of aliphatic hydroxyl groups excluding tert-OH is 1. The third-order valence-electron chi connectivity index (χ3n) is 5.57. The smallest absolute Gasteiger partial charge is 0.145 e. The number of furan rings is 1. The van der Waals surface area contributed by atoms with E-state index in [9.17, 15) is 5.11 Å². The second kappa shape index (κ2) is 12.0. The molecule has 1 N–H and O–H groups in total. The summed E-state index contributed by atoms with van der Waals surface area (Å²) >= 11 is 6.40. The van der Waals surface area contributed by atoms with Crippen LogP contribution in [0.25, 0.3) is 0 Å². The molecule has 0 bridgehead atoms. The molecule has 0 fully saturated rings. The number of methoxy groups -OCH3 is 1. The van der Waals surface area contributed by atoms with Crippen LogP contribution in [0.2, 0.25) is 5.02 Å². The van der Waals surface area contributed by atoms with Crippen LogP contribution in [0.3, 0.4) is 0 Å². The molecule has 8 heteroatoms. The van der Waals surface area contributed by atoms with Crippen molar-refractivity contribution >= 4 is 17.3 Å². The Morgan fingerprint density at radius 3 is 2.71 bits per heavy atom.